The monoisotopic (exact) mass is 265 g/mol. The molecule has 1 amide bonds. The van der Waals surface area contributed by atoms with Gasteiger partial charge in [0.15, 0.2) is 6.10 Å². The van der Waals surface area contributed by atoms with E-state index in [2.05, 4.69) is 10.1 Å². The number of nitrogens with one attached hydrogen (secondary N) is 1. The zero-order valence-corrected chi connectivity index (χ0v) is 10.5. The molecule has 0 fully saturated rings. The number of alkyl carbamates (subject to hydrolysis) is 1. The summed E-state index contributed by atoms with van der Waals surface area (Å²) in [6, 6.07) is 5.43. The smallest absolute Gasteiger partial charge is 0.407 e. The molecule has 0 unspecified atom stereocenters. The first kappa shape index (κ1) is 13.2. The number of aryl methyl sites for hydroxylation is 1. The second kappa shape index (κ2) is 5.60. The minimum Gasteiger partial charge on any atom is -0.479 e. The summed E-state index contributed by atoms with van der Waals surface area (Å²) in [5.41, 5.74) is 1.88. The molecule has 0 saturated heterocycles. The fourth-order valence-corrected chi connectivity index (χ4v) is 1.97. The Kier molecular flexibility index (Phi) is 3.89. The Labute approximate surface area is 110 Å². The molecule has 102 valence electrons. The lowest BCUT2D eigenvalue weighted by molar-refractivity contribution is -0.145. The topological polar surface area (TPSA) is 84.9 Å². The van der Waals surface area contributed by atoms with Crippen molar-refractivity contribution in [3.05, 3.63) is 29.3 Å². The minimum atomic E-state index is -0.943. The van der Waals surface area contributed by atoms with Gasteiger partial charge in [-0.25, -0.2) is 9.59 Å². The molecule has 2 N–H and O–H groups in total. The fourth-order valence-electron chi connectivity index (χ4n) is 1.97. The third-order valence-corrected chi connectivity index (χ3v) is 2.97. The highest BCUT2D eigenvalue weighted by Gasteiger charge is 2.25. The summed E-state index contributed by atoms with van der Waals surface area (Å²) in [5.74, 6) is -0.345. The predicted octanol–water partition coefficient (Wildman–Crippen LogP) is 1.32. The summed E-state index contributed by atoms with van der Waals surface area (Å²) in [7, 11) is 1.31. The summed E-state index contributed by atoms with van der Waals surface area (Å²) in [5, 5.41) is 11.5. The molecule has 6 heteroatoms. The zero-order chi connectivity index (χ0) is 13.8. The molecule has 1 aromatic rings. The van der Waals surface area contributed by atoms with Crippen LogP contribution in [0.15, 0.2) is 18.2 Å². The molecule has 1 aromatic carbocycles. The van der Waals surface area contributed by atoms with E-state index in [1.165, 1.54) is 7.11 Å². The van der Waals surface area contributed by atoms with Crippen LogP contribution in [0.25, 0.3) is 0 Å². The van der Waals surface area contributed by atoms with Gasteiger partial charge in [0, 0.05) is 6.54 Å². The van der Waals surface area contributed by atoms with Crippen LogP contribution in [0.3, 0.4) is 0 Å². The molecule has 0 aromatic heterocycles. The van der Waals surface area contributed by atoms with E-state index >= 15 is 0 Å². The van der Waals surface area contributed by atoms with Gasteiger partial charge in [0.2, 0.25) is 0 Å². The summed E-state index contributed by atoms with van der Waals surface area (Å²) in [6.45, 7) is 0.363. The Morgan fingerprint density at radius 3 is 3.00 bits per heavy atom. The van der Waals surface area contributed by atoms with E-state index in [0.29, 0.717) is 25.1 Å². The quantitative estimate of drug-likeness (QED) is 0.861. The van der Waals surface area contributed by atoms with Crippen LogP contribution in [0, 0.1) is 0 Å². The van der Waals surface area contributed by atoms with E-state index in [9.17, 15) is 9.59 Å². The molecule has 19 heavy (non-hydrogen) atoms. The van der Waals surface area contributed by atoms with Crippen molar-refractivity contribution in [1.82, 2.24) is 5.32 Å². The van der Waals surface area contributed by atoms with Crippen molar-refractivity contribution in [2.24, 2.45) is 0 Å². The number of methoxy groups -OCH3 is 1. The normalized spacial score (nSPS) is 17.0. The molecule has 0 aliphatic carbocycles. The van der Waals surface area contributed by atoms with Gasteiger partial charge >= 0.3 is 12.1 Å². The number of hydrogen-bond acceptors (Lipinski definition) is 4. The van der Waals surface area contributed by atoms with Crippen LogP contribution < -0.4 is 10.1 Å². The van der Waals surface area contributed by atoms with Crippen LogP contribution >= 0.6 is 0 Å². The van der Waals surface area contributed by atoms with Crippen molar-refractivity contribution in [1.29, 1.82) is 0 Å². The molecule has 1 aliphatic rings. The van der Waals surface area contributed by atoms with Crippen molar-refractivity contribution in [2.45, 2.75) is 25.5 Å². The van der Waals surface area contributed by atoms with Crippen molar-refractivity contribution in [3.8, 4) is 5.75 Å². The highest BCUT2D eigenvalue weighted by molar-refractivity contribution is 5.73. The van der Waals surface area contributed by atoms with Gasteiger partial charge in [-0.3, -0.25) is 0 Å². The van der Waals surface area contributed by atoms with Gasteiger partial charge in [-0.15, -0.1) is 0 Å². The van der Waals surface area contributed by atoms with Crippen molar-refractivity contribution in [3.63, 3.8) is 0 Å². The van der Waals surface area contributed by atoms with Gasteiger partial charge in [0.05, 0.1) is 7.11 Å². The molecule has 2 rings (SSSR count). The molecule has 0 saturated carbocycles. The van der Waals surface area contributed by atoms with Crippen molar-refractivity contribution < 1.29 is 24.2 Å². The molecule has 0 bridgehead atoms. The third kappa shape index (κ3) is 3.15. The number of ether oxygens (including phenoxy) is 2. The van der Waals surface area contributed by atoms with Gasteiger partial charge in [-0.05, 0) is 30.0 Å². The molecule has 0 spiro atoms. The number of carboxylic acids is 1. The van der Waals surface area contributed by atoms with E-state index in [4.69, 9.17) is 9.84 Å². The van der Waals surface area contributed by atoms with Gasteiger partial charge in [-0.1, -0.05) is 12.1 Å². The van der Waals surface area contributed by atoms with E-state index in [1.807, 2.05) is 6.07 Å². The van der Waals surface area contributed by atoms with Crippen LogP contribution in [0.4, 0.5) is 4.79 Å². The van der Waals surface area contributed by atoms with Crippen LogP contribution in [0.1, 0.15) is 17.5 Å². The second-order valence-corrected chi connectivity index (χ2v) is 4.27. The highest BCUT2D eigenvalue weighted by atomic mass is 16.5. The summed E-state index contributed by atoms with van der Waals surface area (Å²) >= 11 is 0. The molecular formula is C13H15NO5. The number of aliphatic carboxylic acids is 1. The predicted molar refractivity (Wildman–Crippen MR) is 66.1 cm³/mol. The van der Waals surface area contributed by atoms with Gasteiger partial charge < -0.3 is 19.9 Å². The van der Waals surface area contributed by atoms with E-state index in [-0.39, 0.29) is 0 Å². The average Bonchev–Trinajstić information content (AvgIpc) is 2.43. The van der Waals surface area contributed by atoms with Crippen LogP contribution in [0.5, 0.6) is 5.75 Å². The molecule has 1 heterocycles. The molecule has 1 aliphatic heterocycles. The number of rotatable bonds is 3. The van der Waals surface area contributed by atoms with E-state index in [1.54, 1.807) is 12.1 Å². The number of fused-ring (bicyclic) bond motifs is 1. The number of benzene rings is 1. The number of carboxylic acid groups (broad SMARTS) is 1. The lowest BCUT2D eigenvalue weighted by Gasteiger charge is -2.23. The second-order valence-electron chi connectivity index (χ2n) is 4.27. The SMILES string of the molecule is COC(=O)NCc1ccc2c(c1)CC[C@H](C(=O)O)O2. The van der Waals surface area contributed by atoms with Gasteiger partial charge in [-0.2, -0.15) is 0 Å². The Hall–Kier alpha value is -2.24. The Morgan fingerprint density at radius 1 is 1.53 bits per heavy atom. The number of amides is 1. The number of carbonyl (C=O) groups excluding carboxylic acids is 1. The van der Waals surface area contributed by atoms with Crippen LogP contribution in [-0.4, -0.2) is 30.4 Å². The maximum atomic E-state index is 11.0. The molecular weight excluding hydrogens is 250 g/mol. The lowest BCUT2D eigenvalue weighted by atomic mass is 10.00. The molecule has 1 atom stereocenters. The third-order valence-electron chi connectivity index (χ3n) is 2.97. The Morgan fingerprint density at radius 2 is 2.32 bits per heavy atom. The summed E-state index contributed by atoms with van der Waals surface area (Å²) < 4.78 is 9.87. The number of hydrogen-bond donors (Lipinski definition) is 2. The Bertz CT molecular complexity index is 500. The maximum absolute atomic E-state index is 11.0. The molecule has 6 nitrogen and oxygen atoms in total. The highest BCUT2D eigenvalue weighted by Crippen LogP contribution is 2.28. The van der Waals surface area contributed by atoms with Gasteiger partial charge in [0.25, 0.3) is 0 Å². The maximum Gasteiger partial charge on any atom is 0.407 e. The lowest BCUT2D eigenvalue weighted by Crippen LogP contribution is -2.31. The van der Waals surface area contributed by atoms with Crippen LogP contribution in [-0.2, 0) is 22.5 Å². The summed E-state index contributed by atoms with van der Waals surface area (Å²) in [6.07, 6.45) is -0.152. The van der Waals surface area contributed by atoms with Crippen molar-refractivity contribution in [2.75, 3.05) is 7.11 Å². The minimum absolute atomic E-state index is 0.363. The average molecular weight is 265 g/mol. The first-order valence-corrected chi connectivity index (χ1v) is 5.93. The Balaban J connectivity index is 2.04. The fraction of sp³-hybridized carbons (Fsp3) is 0.385. The van der Waals surface area contributed by atoms with Crippen molar-refractivity contribution >= 4 is 12.1 Å². The van der Waals surface area contributed by atoms with E-state index in [0.717, 1.165) is 11.1 Å². The first-order chi connectivity index (χ1) is 9.10. The largest absolute Gasteiger partial charge is 0.479 e. The van der Waals surface area contributed by atoms with Gasteiger partial charge in [0.1, 0.15) is 5.75 Å². The standard InChI is InChI=1S/C13H15NO5/c1-18-13(17)14-7-8-2-4-10-9(6-8)3-5-11(19-10)12(15)16/h2,4,6,11H,3,5,7H2,1H3,(H,14,17)(H,15,16)/t11-/m1/s1. The summed E-state index contributed by atoms with van der Waals surface area (Å²) in [4.78, 5) is 21.8. The number of carbonyl (C=O) groups is 2. The van der Waals surface area contributed by atoms with Crippen LogP contribution in [0.2, 0.25) is 0 Å². The molecule has 0 radical (unpaired) electrons. The van der Waals surface area contributed by atoms with E-state index < -0.39 is 18.2 Å². The zero-order valence-electron chi connectivity index (χ0n) is 10.5. The first-order valence-electron chi connectivity index (χ1n) is 5.93.